The number of nitrogens with one attached hydrogen (secondary N) is 1. The van der Waals surface area contributed by atoms with Gasteiger partial charge in [-0.15, -0.1) is 11.3 Å². The molecule has 0 saturated heterocycles. The van der Waals surface area contributed by atoms with E-state index in [-0.39, 0.29) is 11.9 Å². The van der Waals surface area contributed by atoms with Gasteiger partial charge in [0.2, 0.25) is 0 Å². The maximum atomic E-state index is 12.1. The van der Waals surface area contributed by atoms with Crippen molar-refractivity contribution in [2.45, 2.75) is 32.9 Å². The van der Waals surface area contributed by atoms with Crippen LogP contribution < -0.4 is 11.1 Å². The number of amides is 1. The molecule has 0 aliphatic rings. The van der Waals surface area contributed by atoms with E-state index in [2.05, 4.69) is 17.2 Å². The summed E-state index contributed by atoms with van der Waals surface area (Å²) >= 11 is 1.64. The van der Waals surface area contributed by atoms with Crippen LogP contribution in [0.1, 0.15) is 45.7 Å². The number of nitrogens with zero attached hydrogens (tertiary/aromatic N) is 1. The molecule has 0 aliphatic heterocycles. The monoisotopic (exact) mass is 289 g/mol. The van der Waals surface area contributed by atoms with Gasteiger partial charge in [0.05, 0.1) is 6.04 Å². The van der Waals surface area contributed by atoms with Gasteiger partial charge in [-0.3, -0.25) is 4.79 Å². The van der Waals surface area contributed by atoms with E-state index in [1.807, 2.05) is 25.3 Å². The summed E-state index contributed by atoms with van der Waals surface area (Å²) in [4.78, 5) is 17.7. The van der Waals surface area contributed by atoms with Gasteiger partial charge in [-0.05, 0) is 31.0 Å². The number of thiazole rings is 1. The topological polar surface area (TPSA) is 68.0 Å². The van der Waals surface area contributed by atoms with Crippen molar-refractivity contribution in [1.82, 2.24) is 10.3 Å². The molecule has 0 aliphatic carbocycles. The van der Waals surface area contributed by atoms with Gasteiger partial charge in [0.1, 0.15) is 5.01 Å². The van der Waals surface area contributed by atoms with E-state index in [1.165, 1.54) is 4.88 Å². The third kappa shape index (κ3) is 3.43. The highest BCUT2D eigenvalue weighted by Gasteiger charge is 2.14. The molecule has 4 nitrogen and oxygen atoms in total. The molecular weight excluding hydrogens is 270 g/mol. The summed E-state index contributed by atoms with van der Waals surface area (Å²) in [6.45, 7) is 4.53. The van der Waals surface area contributed by atoms with Crippen LogP contribution in [0.2, 0.25) is 0 Å². The fourth-order valence-electron chi connectivity index (χ4n) is 1.82. The number of benzene rings is 1. The van der Waals surface area contributed by atoms with Gasteiger partial charge in [0.25, 0.3) is 5.91 Å². The van der Waals surface area contributed by atoms with Crippen LogP contribution in [0.5, 0.6) is 0 Å². The van der Waals surface area contributed by atoms with Crippen molar-refractivity contribution in [2.24, 2.45) is 5.73 Å². The molecule has 0 spiro atoms. The molecule has 2 aromatic rings. The highest BCUT2D eigenvalue weighted by molar-refractivity contribution is 7.11. The lowest BCUT2D eigenvalue weighted by Crippen LogP contribution is -2.26. The first-order valence-electron chi connectivity index (χ1n) is 6.68. The Balaban J connectivity index is 2.02. The number of carbonyl (C=O) groups excluding carboxylic acids is 1. The Morgan fingerprint density at radius 1 is 1.40 bits per heavy atom. The second-order valence-electron chi connectivity index (χ2n) is 4.61. The normalized spacial score (nSPS) is 12.2. The maximum Gasteiger partial charge on any atom is 0.251 e. The largest absolute Gasteiger partial charge is 0.343 e. The minimum Gasteiger partial charge on any atom is -0.343 e. The Kier molecular flexibility index (Phi) is 4.87. The molecule has 1 aromatic carbocycles. The summed E-state index contributed by atoms with van der Waals surface area (Å²) in [5.74, 6) is -0.0886. The number of aromatic nitrogens is 1. The van der Waals surface area contributed by atoms with Crippen molar-refractivity contribution >= 4 is 17.2 Å². The van der Waals surface area contributed by atoms with Crippen LogP contribution in [0, 0.1) is 0 Å². The predicted octanol–water partition coefficient (Wildman–Crippen LogP) is 2.66. The van der Waals surface area contributed by atoms with E-state index in [0.29, 0.717) is 12.1 Å². The lowest BCUT2D eigenvalue weighted by atomic mass is 10.1. The van der Waals surface area contributed by atoms with Crippen molar-refractivity contribution in [3.63, 3.8) is 0 Å². The third-order valence-electron chi connectivity index (χ3n) is 3.09. The van der Waals surface area contributed by atoms with Crippen LogP contribution >= 0.6 is 11.3 Å². The van der Waals surface area contributed by atoms with Gasteiger partial charge >= 0.3 is 0 Å². The smallest absolute Gasteiger partial charge is 0.251 e. The van der Waals surface area contributed by atoms with E-state index in [1.54, 1.807) is 23.5 Å². The molecule has 106 valence electrons. The molecule has 0 saturated carbocycles. The van der Waals surface area contributed by atoms with Crippen molar-refractivity contribution < 1.29 is 4.79 Å². The van der Waals surface area contributed by atoms with E-state index in [0.717, 1.165) is 17.0 Å². The molecule has 1 unspecified atom stereocenters. The Morgan fingerprint density at radius 3 is 2.65 bits per heavy atom. The van der Waals surface area contributed by atoms with Gasteiger partial charge < -0.3 is 11.1 Å². The van der Waals surface area contributed by atoms with Crippen molar-refractivity contribution in [1.29, 1.82) is 0 Å². The number of hydrogen-bond acceptors (Lipinski definition) is 4. The first kappa shape index (κ1) is 14.7. The molecular formula is C15H19N3OS. The number of rotatable bonds is 5. The average Bonchev–Trinajstić information content (AvgIpc) is 2.96. The van der Waals surface area contributed by atoms with Crippen LogP contribution in [-0.2, 0) is 13.0 Å². The molecule has 3 N–H and O–H groups in total. The molecule has 0 radical (unpaired) electrons. The minimum absolute atomic E-state index is 0.0815. The fraction of sp³-hybridized carbons (Fsp3) is 0.333. The highest BCUT2D eigenvalue weighted by atomic mass is 32.1. The van der Waals surface area contributed by atoms with E-state index in [4.69, 9.17) is 5.73 Å². The second-order valence-corrected chi connectivity index (χ2v) is 5.76. The van der Waals surface area contributed by atoms with Crippen LogP contribution in [0.3, 0.4) is 0 Å². The summed E-state index contributed by atoms with van der Waals surface area (Å²) in [5, 5.41) is 3.90. The Morgan fingerprint density at radius 2 is 2.10 bits per heavy atom. The highest BCUT2D eigenvalue weighted by Crippen LogP contribution is 2.20. The van der Waals surface area contributed by atoms with E-state index >= 15 is 0 Å². The number of aryl methyl sites for hydroxylation is 1. The molecule has 0 fully saturated rings. The average molecular weight is 289 g/mol. The maximum absolute atomic E-state index is 12.1. The summed E-state index contributed by atoms with van der Waals surface area (Å²) in [6.07, 6.45) is 2.84. The number of nitrogens with two attached hydrogens (primary N) is 1. The Hall–Kier alpha value is -1.72. The molecule has 5 heteroatoms. The predicted molar refractivity (Wildman–Crippen MR) is 81.7 cm³/mol. The number of hydrogen-bond donors (Lipinski definition) is 2. The second kappa shape index (κ2) is 6.63. The summed E-state index contributed by atoms with van der Waals surface area (Å²) in [7, 11) is 0. The molecule has 1 aromatic heterocycles. The molecule has 2 rings (SSSR count). The first-order valence-corrected chi connectivity index (χ1v) is 7.50. The molecule has 20 heavy (non-hydrogen) atoms. The Labute approximate surface area is 123 Å². The van der Waals surface area contributed by atoms with Gasteiger partial charge in [0.15, 0.2) is 0 Å². The van der Waals surface area contributed by atoms with Crippen LogP contribution in [-0.4, -0.2) is 10.9 Å². The van der Waals surface area contributed by atoms with Crippen LogP contribution in [0.25, 0.3) is 0 Å². The standard InChI is InChI=1S/C15H19N3OS/c1-3-13-9-17-15(20-13)10(2)18-14(19)12-6-4-11(8-16)5-7-12/h4-7,9-10H,3,8,16H2,1-2H3,(H,18,19). The summed E-state index contributed by atoms with van der Waals surface area (Å²) < 4.78 is 0. The van der Waals surface area contributed by atoms with Gasteiger partial charge in [0, 0.05) is 23.2 Å². The first-order chi connectivity index (χ1) is 9.63. The molecule has 1 heterocycles. The SMILES string of the molecule is CCc1cnc(C(C)NC(=O)c2ccc(CN)cc2)s1. The summed E-state index contributed by atoms with van der Waals surface area (Å²) in [5.41, 5.74) is 7.20. The van der Waals surface area contributed by atoms with Gasteiger partial charge in [-0.25, -0.2) is 4.98 Å². The molecule has 0 bridgehead atoms. The van der Waals surface area contributed by atoms with Gasteiger partial charge in [-0.2, -0.15) is 0 Å². The number of carbonyl (C=O) groups is 1. The minimum atomic E-state index is -0.0886. The fourth-order valence-corrected chi connectivity index (χ4v) is 2.68. The van der Waals surface area contributed by atoms with Crippen molar-refractivity contribution in [3.8, 4) is 0 Å². The Bertz CT molecular complexity index is 577. The van der Waals surface area contributed by atoms with E-state index < -0.39 is 0 Å². The van der Waals surface area contributed by atoms with Gasteiger partial charge in [-0.1, -0.05) is 19.1 Å². The van der Waals surface area contributed by atoms with E-state index in [9.17, 15) is 4.79 Å². The van der Waals surface area contributed by atoms with Crippen LogP contribution in [0.15, 0.2) is 30.5 Å². The zero-order valence-corrected chi connectivity index (χ0v) is 12.5. The quantitative estimate of drug-likeness (QED) is 0.889. The van der Waals surface area contributed by atoms with Crippen LogP contribution in [0.4, 0.5) is 0 Å². The zero-order valence-electron chi connectivity index (χ0n) is 11.7. The van der Waals surface area contributed by atoms with Crippen molar-refractivity contribution in [3.05, 3.63) is 51.5 Å². The molecule has 1 amide bonds. The zero-order chi connectivity index (χ0) is 14.5. The lowest BCUT2D eigenvalue weighted by molar-refractivity contribution is 0.0940. The third-order valence-corrected chi connectivity index (χ3v) is 4.41. The summed E-state index contributed by atoms with van der Waals surface area (Å²) in [6, 6.07) is 7.26. The lowest BCUT2D eigenvalue weighted by Gasteiger charge is -2.11. The van der Waals surface area contributed by atoms with Crippen molar-refractivity contribution in [2.75, 3.05) is 0 Å². The molecule has 1 atom stereocenters.